The number of benzene rings is 2. The number of hydrogen-bond acceptors (Lipinski definition) is 1. The zero-order valence-corrected chi connectivity index (χ0v) is 13.6. The summed E-state index contributed by atoms with van der Waals surface area (Å²) in [6.45, 7) is 6.27. The zero-order chi connectivity index (χ0) is 15.2. The van der Waals surface area contributed by atoms with Crippen LogP contribution in [0.4, 0.5) is 0 Å². The number of thiocarbonyl (C=S) groups is 1. The van der Waals surface area contributed by atoms with E-state index in [0.29, 0.717) is 11.2 Å². The quantitative estimate of drug-likeness (QED) is 0.824. The van der Waals surface area contributed by atoms with Crippen molar-refractivity contribution in [2.45, 2.75) is 32.9 Å². The van der Waals surface area contributed by atoms with Crippen LogP contribution < -0.4 is 10.6 Å². The average molecular weight is 298 g/mol. The summed E-state index contributed by atoms with van der Waals surface area (Å²) in [6.07, 6.45) is 0. The maximum atomic E-state index is 5.29. The highest BCUT2D eigenvalue weighted by Crippen LogP contribution is 2.21. The number of hydrogen-bond donors (Lipinski definition) is 2. The van der Waals surface area contributed by atoms with Gasteiger partial charge in [0.2, 0.25) is 0 Å². The molecular formula is C18H22N2S. The van der Waals surface area contributed by atoms with Crippen molar-refractivity contribution in [2.75, 3.05) is 0 Å². The molecule has 0 fully saturated rings. The second-order valence-electron chi connectivity index (χ2n) is 5.48. The van der Waals surface area contributed by atoms with Gasteiger partial charge >= 0.3 is 0 Å². The van der Waals surface area contributed by atoms with Crippen molar-refractivity contribution in [3.05, 3.63) is 60.2 Å². The van der Waals surface area contributed by atoms with E-state index in [4.69, 9.17) is 12.2 Å². The van der Waals surface area contributed by atoms with Gasteiger partial charge in [0, 0.05) is 6.04 Å². The molecule has 3 heteroatoms. The Kier molecular flexibility index (Phi) is 5.34. The van der Waals surface area contributed by atoms with Gasteiger partial charge in [0.05, 0.1) is 6.04 Å². The van der Waals surface area contributed by atoms with Crippen LogP contribution in [0.25, 0.3) is 11.1 Å². The molecule has 1 unspecified atom stereocenters. The van der Waals surface area contributed by atoms with E-state index in [-0.39, 0.29) is 6.04 Å². The van der Waals surface area contributed by atoms with Gasteiger partial charge in [-0.05, 0) is 49.7 Å². The standard InChI is InChI=1S/C18H22N2S/c1-13(2)19-18(21)20-14(3)15-9-11-17(12-10-15)16-7-5-4-6-8-16/h4-14H,1-3H3,(H2,19,20,21). The molecular weight excluding hydrogens is 276 g/mol. The fraction of sp³-hybridized carbons (Fsp3) is 0.278. The Morgan fingerprint density at radius 2 is 1.38 bits per heavy atom. The molecule has 1 atom stereocenters. The Labute approximate surface area is 132 Å². The highest BCUT2D eigenvalue weighted by atomic mass is 32.1. The van der Waals surface area contributed by atoms with Gasteiger partial charge in [0.25, 0.3) is 0 Å². The molecule has 2 nitrogen and oxygen atoms in total. The first-order chi connectivity index (χ1) is 10.1. The van der Waals surface area contributed by atoms with E-state index in [0.717, 1.165) is 0 Å². The topological polar surface area (TPSA) is 24.1 Å². The molecule has 0 heterocycles. The molecule has 2 rings (SSSR count). The van der Waals surface area contributed by atoms with E-state index < -0.39 is 0 Å². The van der Waals surface area contributed by atoms with E-state index in [1.54, 1.807) is 0 Å². The van der Waals surface area contributed by atoms with Crippen molar-refractivity contribution in [2.24, 2.45) is 0 Å². The molecule has 0 bridgehead atoms. The van der Waals surface area contributed by atoms with Crippen molar-refractivity contribution in [3.8, 4) is 11.1 Å². The Bertz CT molecular complexity index is 576. The predicted octanol–water partition coefficient (Wildman–Crippen LogP) is 4.29. The van der Waals surface area contributed by atoms with Crippen molar-refractivity contribution < 1.29 is 0 Å². The zero-order valence-electron chi connectivity index (χ0n) is 12.8. The normalized spacial score (nSPS) is 12.0. The van der Waals surface area contributed by atoms with Crippen molar-refractivity contribution in [1.82, 2.24) is 10.6 Å². The molecule has 0 amide bonds. The van der Waals surface area contributed by atoms with E-state index in [9.17, 15) is 0 Å². The summed E-state index contributed by atoms with van der Waals surface area (Å²) < 4.78 is 0. The van der Waals surface area contributed by atoms with E-state index in [2.05, 4.69) is 79.9 Å². The molecule has 2 aromatic carbocycles. The predicted molar refractivity (Wildman–Crippen MR) is 94.3 cm³/mol. The largest absolute Gasteiger partial charge is 0.361 e. The second kappa shape index (κ2) is 7.23. The van der Waals surface area contributed by atoms with Gasteiger partial charge in [-0.1, -0.05) is 54.6 Å². The Hall–Kier alpha value is -1.87. The molecule has 0 spiro atoms. The summed E-state index contributed by atoms with van der Waals surface area (Å²) in [4.78, 5) is 0. The highest BCUT2D eigenvalue weighted by Gasteiger charge is 2.07. The van der Waals surface area contributed by atoms with Gasteiger partial charge in [-0.3, -0.25) is 0 Å². The lowest BCUT2D eigenvalue weighted by atomic mass is 10.0. The third kappa shape index (κ3) is 4.57. The van der Waals surface area contributed by atoms with Crippen LogP contribution in [-0.4, -0.2) is 11.2 Å². The van der Waals surface area contributed by atoms with E-state index in [1.807, 2.05) is 6.07 Å². The monoisotopic (exact) mass is 298 g/mol. The lowest BCUT2D eigenvalue weighted by molar-refractivity contribution is 0.664. The first-order valence-corrected chi connectivity index (χ1v) is 7.69. The van der Waals surface area contributed by atoms with Crippen LogP contribution in [0.5, 0.6) is 0 Å². The van der Waals surface area contributed by atoms with Crippen LogP contribution in [0, 0.1) is 0 Å². The smallest absolute Gasteiger partial charge is 0.166 e. The third-order valence-electron chi connectivity index (χ3n) is 3.29. The van der Waals surface area contributed by atoms with Crippen LogP contribution in [0.2, 0.25) is 0 Å². The van der Waals surface area contributed by atoms with Gasteiger partial charge in [0.15, 0.2) is 5.11 Å². The van der Waals surface area contributed by atoms with Gasteiger partial charge in [-0.15, -0.1) is 0 Å². The lowest BCUT2D eigenvalue weighted by Gasteiger charge is -2.19. The molecule has 0 radical (unpaired) electrons. The molecule has 0 aliphatic rings. The van der Waals surface area contributed by atoms with Crippen LogP contribution in [0.3, 0.4) is 0 Å². The van der Waals surface area contributed by atoms with E-state index in [1.165, 1.54) is 16.7 Å². The summed E-state index contributed by atoms with van der Waals surface area (Å²) in [5.74, 6) is 0. The third-order valence-corrected chi connectivity index (χ3v) is 3.52. The summed E-state index contributed by atoms with van der Waals surface area (Å²) in [5.41, 5.74) is 3.69. The molecule has 2 N–H and O–H groups in total. The summed E-state index contributed by atoms with van der Waals surface area (Å²) in [5, 5.41) is 7.21. The SMILES string of the molecule is CC(C)NC(=S)NC(C)c1ccc(-c2ccccc2)cc1. The average Bonchev–Trinajstić information content (AvgIpc) is 2.47. The van der Waals surface area contributed by atoms with Crippen LogP contribution >= 0.6 is 12.2 Å². The molecule has 0 aliphatic heterocycles. The first-order valence-electron chi connectivity index (χ1n) is 7.28. The molecule has 21 heavy (non-hydrogen) atoms. The van der Waals surface area contributed by atoms with Gasteiger partial charge in [0.1, 0.15) is 0 Å². The fourth-order valence-electron chi connectivity index (χ4n) is 2.18. The van der Waals surface area contributed by atoms with E-state index >= 15 is 0 Å². The molecule has 0 saturated carbocycles. The van der Waals surface area contributed by atoms with Crippen LogP contribution in [0.15, 0.2) is 54.6 Å². The Morgan fingerprint density at radius 3 is 1.95 bits per heavy atom. The van der Waals surface area contributed by atoms with Gasteiger partial charge in [-0.25, -0.2) is 0 Å². The Morgan fingerprint density at radius 1 is 0.810 bits per heavy atom. The minimum atomic E-state index is 0.188. The lowest BCUT2D eigenvalue weighted by Crippen LogP contribution is -2.40. The number of nitrogens with one attached hydrogen (secondary N) is 2. The number of rotatable bonds is 4. The van der Waals surface area contributed by atoms with Crippen molar-refractivity contribution in [1.29, 1.82) is 0 Å². The molecule has 110 valence electrons. The minimum absolute atomic E-state index is 0.188. The molecule has 0 saturated heterocycles. The first kappa shape index (κ1) is 15.5. The molecule has 0 aliphatic carbocycles. The van der Waals surface area contributed by atoms with Crippen LogP contribution in [0.1, 0.15) is 32.4 Å². The summed E-state index contributed by atoms with van der Waals surface area (Å²) in [7, 11) is 0. The molecule has 0 aromatic heterocycles. The minimum Gasteiger partial charge on any atom is -0.361 e. The van der Waals surface area contributed by atoms with Crippen molar-refractivity contribution >= 4 is 17.3 Å². The Balaban J connectivity index is 2.03. The fourth-order valence-corrected chi connectivity index (χ4v) is 2.59. The highest BCUT2D eigenvalue weighted by molar-refractivity contribution is 7.80. The summed E-state index contributed by atoms with van der Waals surface area (Å²) in [6, 6.07) is 19.5. The maximum absolute atomic E-state index is 5.29. The maximum Gasteiger partial charge on any atom is 0.166 e. The summed E-state index contributed by atoms with van der Waals surface area (Å²) >= 11 is 5.29. The van der Waals surface area contributed by atoms with Gasteiger partial charge < -0.3 is 10.6 Å². The van der Waals surface area contributed by atoms with Gasteiger partial charge in [-0.2, -0.15) is 0 Å². The molecule has 2 aromatic rings. The van der Waals surface area contributed by atoms with Crippen LogP contribution in [-0.2, 0) is 0 Å². The van der Waals surface area contributed by atoms with Crippen molar-refractivity contribution in [3.63, 3.8) is 0 Å². The second-order valence-corrected chi connectivity index (χ2v) is 5.89.